The molecule has 1 N–H and O–H groups in total. The third kappa shape index (κ3) is 4.68. The zero-order valence-corrected chi connectivity index (χ0v) is 17.5. The van der Waals surface area contributed by atoms with E-state index in [0.717, 1.165) is 37.2 Å². The summed E-state index contributed by atoms with van der Waals surface area (Å²) >= 11 is 6.34. The summed E-state index contributed by atoms with van der Waals surface area (Å²) in [5.74, 6) is 2.05. The van der Waals surface area contributed by atoms with E-state index in [0.29, 0.717) is 35.7 Å². The molecule has 0 saturated carbocycles. The number of benzene rings is 2. The number of likely N-dealkylation sites (tertiary alicyclic amines) is 1. The van der Waals surface area contributed by atoms with Crippen LogP contribution in [0.1, 0.15) is 43.2 Å². The largest absolute Gasteiger partial charge is 0.454 e. The van der Waals surface area contributed by atoms with Crippen LogP contribution in [0.4, 0.5) is 0 Å². The van der Waals surface area contributed by atoms with Crippen LogP contribution in [-0.4, -0.2) is 36.7 Å². The fourth-order valence-electron chi connectivity index (χ4n) is 4.11. The molecule has 5 nitrogen and oxygen atoms in total. The molecule has 0 unspecified atom stereocenters. The van der Waals surface area contributed by atoms with Crippen molar-refractivity contribution in [3.05, 3.63) is 58.6 Å². The Kier molecular flexibility index (Phi) is 6.26. The van der Waals surface area contributed by atoms with Crippen molar-refractivity contribution in [2.75, 3.05) is 19.9 Å². The Balaban J connectivity index is 1.28. The maximum absolute atomic E-state index is 12.4. The number of fused-ring (bicyclic) bond motifs is 1. The lowest BCUT2D eigenvalue weighted by Crippen LogP contribution is -2.37. The van der Waals surface area contributed by atoms with Gasteiger partial charge < -0.3 is 19.7 Å². The van der Waals surface area contributed by atoms with Gasteiger partial charge in [0, 0.05) is 36.6 Å². The van der Waals surface area contributed by atoms with Gasteiger partial charge in [-0.25, -0.2) is 0 Å². The molecule has 2 atom stereocenters. The summed E-state index contributed by atoms with van der Waals surface area (Å²) in [6.45, 7) is 4.71. The zero-order valence-electron chi connectivity index (χ0n) is 16.7. The van der Waals surface area contributed by atoms with Crippen molar-refractivity contribution >= 4 is 17.5 Å². The van der Waals surface area contributed by atoms with E-state index in [9.17, 15) is 4.79 Å². The van der Waals surface area contributed by atoms with Gasteiger partial charge in [-0.1, -0.05) is 48.9 Å². The van der Waals surface area contributed by atoms with Gasteiger partial charge >= 0.3 is 0 Å². The van der Waals surface area contributed by atoms with Gasteiger partial charge in [0.25, 0.3) is 0 Å². The minimum atomic E-state index is 0.246. The number of rotatable bonds is 8. The maximum Gasteiger partial charge on any atom is 0.231 e. The predicted octanol–water partition coefficient (Wildman–Crippen LogP) is 4.34. The molecular weight excluding hydrogens is 388 g/mol. The summed E-state index contributed by atoms with van der Waals surface area (Å²) in [5, 5.41) is 4.14. The first-order valence-corrected chi connectivity index (χ1v) is 10.6. The average molecular weight is 415 g/mol. The second-order valence-corrected chi connectivity index (χ2v) is 8.22. The normalized spacial score (nSPS) is 19.0. The van der Waals surface area contributed by atoms with E-state index >= 15 is 0 Å². The molecule has 2 aromatic rings. The highest BCUT2D eigenvalue weighted by Gasteiger charge is 2.31. The second-order valence-electron chi connectivity index (χ2n) is 7.81. The van der Waals surface area contributed by atoms with E-state index in [1.807, 2.05) is 18.2 Å². The zero-order chi connectivity index (χ0) is 20.2. The Morgan fingerprint density at radius 2 is 1.97 bits per heavy atom. The van der Waals surface area contributed by atoms with Crippen molar-refractivity contribution < 1.29 is 14.3 Å². The number of carbonyl (C=O) groups excluding carboxylic acids is 1. The van der Waals surface area contributed by atoms with Crippen LogP contribution in [0, 0.1) is 0 Å². The Labute approximate surface area is 176 Å². The van der Waals surface area contributed by atoms with Gasteiger partial charge in [0.2, 0.25) is 12.7 Å². The minimum Gasteiger partial charge on any atom is -0.454 e. The third-order valence-corrected chi connectivity index (χ3v) is 6.15. The smallest absolute Gasteiger partial charge is 0.231 e. The monoisotopic (exact) mass is 414 g/mol. The van der Waals surface area contributed by atoms with Gasteiger partial charge in [0.15, 0.2) is 11.5 Å². The number of nitrogens with zero attached hydrogens (tertiary/aromatic N) is 1. The first-order valence-electron chi connectivity index (χ1n) is 10.2. The second kappa shape index (κ2) is 9.06. The predicted molar refractivity (Wildman–Crippen MR) is 113 cm³/mol. The summed E-state index contributed by atoms with van der Waals surface area (Å²) in [5.41, 5.74) is 2.27. The molecule has 1 amide bonds. The molecule has 0 aromatic heterocycles. The highest BCUT2D eigenvalue weighted by Crippen LogP contribution is 2.36. The van der Waals surface area contributed by atoms with Crippen LogP contribution in [0.15, 0.2) is 42.5 Å². The van der Waals surface area contributed by atoms with Crippen LogP contribution in [0.2, 0.25) is 5.02 Å². The number of hydrogen-bond acceptors (Lipinski definition) is 4. The first kappa shape index (κ1) is 20.0. The summed E-state index contributed by atoms with van der Waals surface area (Å²) in [6.07, 6.45) is 2.53. The Morgan fingerprint density at radius 3 is 2.76 bits per heavy atom. The molecule has 0 bridgehead atoms. The minimum absolute atomic E-state index is 0.246. The summed E-state index contributed by atoms with van der Waals surface area (Å²) in [6, 6.07) is 14.5. The molecule has 2 aliphatic heterocycles. The van der Waals surface area contributed by atoms with E-state index < -0.39 is 0 Å². The first-order chi connectivity index (χ1) is 14.1. The van der Waals surface area contributed by atoms with Crippen molar-refractivity contribution in [3.8, 4) is 11.5 Å². The summed E-state index contributed by atoms with van der Waals surface area (Å²) in [7, 11) is 0. The molecule has 6 heteroatoms. The van der Waals surface area contributed by atoms with Gasteiger partial charge in [-0.2, -0.15) is 0 Å². The average Bonchev–Trinajstić information content (AvgIpc) is 3.32. The molecule has 154 valence electrons. The van der Waals surface area contributed by atoms with Gasteiger partial charge in [0.1, 0.15) is 0 Å². The number of hydrogen-bond donors (Lipinski definition) is 1. The molecule has 0 radical (unpaired) electrons. The molecule has 0 aliphatic carbocycles. The van der Waals surface area contributed by atoms with Crippen LogP contribution in [0.25, 0.3) is 0 Å². The van der Waals surface area contributed by atoms with Crippen LogP contribution >= 0.6 is 11.6 Å². The molecular formula is C23H27ClN2O3. The van der Waals surface area contributed by atoms with Crippen LogP contribution in [0.5, 0.6) is 11.5 Å². The molecule has 1 fully saturated rings. The van der Waals surface area contributed by atoms with E-state index in [1.165, 1.54) is 5.56 Å². The Hall–Kier alpha value is -2.24. The lowest BCUT2D eigenvalue weighted by Gasteiger charge is -2.28. The number of nitrogens with one attached hydrogen (secondary N) is 1. The number of amides is 1. The molecule has 2 aliphatic rings. The van der Waals surface area contributed by atoms with Crippen molar-refractivity contribution in [1.29, 1.82) is 0 Å². The van der Waals surface area contributed by atoms with E-state index in [1.54, 1.807) is 0 Å². The fraction of sp³-hybridized carbons (Fsp3) is 0.435. The highest BCUT2D eigenvalue weighted by molar-refractivity contribution is 6.31. The summed E-state index contributed by atoms with van der Waals surface area (Å²) < 4.78 is 10.8. The van der Waals surface area contributed by atoms with Gasteiger partial charge in [0.05, 0.1) is 0 Å². The summed E-state index contributed by atoms with van der Waals surface area (Å²) in [4.78, 5) is 14.5. The highest BCUT2D eigenvalue weighted by atomic mass is 35.5. The van der Waals surface area contributed by atoms with Crippen LogP contribution in [0.3, 0.4) is 0 Å². The van der Waals surface area contributed by atoms with Gasteiger partial charge in [-0.3, -0.25) is 4.79 Å². The lowest BCUT2D eigenvalue weighted by atomic mass is 10.00. The number of ether oxygens (including phenoxy) is 2. The van der Waals surface area contributed by atoms with Gasteiger partial charge in [-0.05, 0) is 42.5 Å². The van der Waals surface area contributed by atoms with E-state index in [4.69, 9.17) is 21.1 Å². The standard InChI is InChI=1S/C23H27ClN2O3/c1-16(17-5-3-2-4-6-17)14-26-19(7-8-23(26)27)9-10-25-13-18-11-21-22(12-20(18)24)29-15-28-21/h2-6,11-12,16,19,25H,7-10,13-15H2,1H3/t16-,19-/m0/s1. The van der Waals surface area contributed by atoms with E-state index in [-0.39, 0.29) is 12.7 Å². The van der Waals surface area contributed by atoms with Crippen LogP contribution < -0.4 is 14.8 Å². The molecule has 2 heterocycles. The molecule has 1 saturated heterocycles. The van der Waals surface area contributed by atoms with Crippen molar-refractivity contribution in [2.24, 2.45) is 0 Å². The Bertz CT molecular complexity index is 859. The third-order valence-electron chi connectivity index (χ3n) is 5.80. The lowest BCUT2D eigenvalue weighted by molar-refractivity contribution is -0.129. The fourth-order valence-corrected chi connectivity index (χ4v) is 4.33. The topological polar surface area (TPSA) is 50.8 Å². The van der Waals surface area contributed by atoms with Crippen molar-refractivity contribution in [3.63, 3.8) is 0 Å². The quantitative estimate of drug-likeness (QED) is 0.653. The number of carbonyl (C=O) groups is 1. The maximum atomic E-state index is 12.4. The molecule has 0 spiro atoms. The number of halogens is 1. The molecule has 29 heavy (non-hydrogen) atoms. The Morgan fingerprint density at radius 1 is 1.21 bits per heavy atom. The van der Waals surface area contributed by atoms with Crippen molar-refractivity contribution in [2.45, 2.75) is 44.7 Å². The van der Waals surface area contributed by atoms with Crippen molar-refractivity contribution in [1.82, 2.24) is 10.2 Å². The van der Waals surface area contributed by atoms with Crippen LogP contribution in [-0.2, 0) is 11.3 Å². The molecule has 2 aromatic carbocycles. The SMILES string of the molecule is C[C@@H](CN1C(=O)CC[C@H]1CCNCc1cc2c(cc1Cl)OCO2)c1ccccc1. The molecule has 4 rings (SSSR count). The van der Waals surface area contributed by atoms with E-state index in [2.05, 4.69) is 41.4 Å². The van der Waals surface area contributed by atoms with Gasteiger partial charge in [-0.15, -0.1) is 0 Å².